The zero-order valence-corrected chi connectivity index (χ0v) is 11.8. The Hall–Kier alpha value is -1.68. The third kappa shape index (κ3) is 2.36. The van der Waals surface area contributed by atoms with E-state index in [1.54, 1.807) is 0 Å². The molecule has 1 amide bonds. The molecule has 1 saturated carbocycles. The first-order chi connectivity index (χ1) is 9.64. The Morgan fingerprint density at radius 2 is 1.90 bits per heavy atom. The van der Waals surface area contributed by atoms with Gasteiger partial charge in [0.05, 0.1) is 5.54 Å². The van der Waals surface area contributed by atoms with Crippen LogP contribution in [0.1, 0.15) is 28.8 Å². The number of benzene rings is 1. The molecule has 0 atom stereocenters. The minimum Gasteiger partial charge on any atom is -0.336 e. The lowest BCUT2D eigenvalue weighted by Crippen LogP contribution is -2.53. The van der Waals surface area contributed by atoms with E-state index in [0.29, 0.717) is 13.1 Å². The molecule has 1 heterocycles. The number of aldehydes is 1. The fraction of sp³-hybridized carbons (Fsp3) is 0.500. The van der Waals surface area contributed by atoms with Gasteiger partial charge in [-0.05, 0) is 31.9 Å². The molecule has 0 radical (unpaired) electrons. The molecule has 0 aromatic heterocycles. The van der Waals surface area contributed by atoms with Gasteiger partial charge in [0, 0.05) is 31.7 Å². The molecule has 0 N–H and O–H groups in total. The van der Waals surface area contributed by atoms with Crippen LogP contribution in [0.25, 0.3) is 0 Å². The number of carbonyl (C=O) groups excluding carboxylic acids is 2. The van der Waals surface area contributed by atoms with E-state index in [-0.39, 0.29) is 11.4 Å². The Morgan fingerprint density at radius 3 is 2.45 bits per heavy atom. The van der Waals surface area contributed by atoms with Crippen LogP contribution in [0.3, 0.4) is 0 Å². The Bertz CT molecular complexity index is 529. The summed E-state index contributed by atoms with van der Waals surface area (Å²) < 4.78 is 0. The van der Waals surface area contributed by atoms with E-state index in [2.05, 4.69) is 4.90 Å². The highest BCUT2D eigenvalue weighted by Gasteiger charge is 2.48. The van der Waals surface area contributed by atoms with Crippen molar-refractivity contribution in [3.63, 3.8) is 0 Å². The first-order valence-electron chi connectivity index (χ1n) is 7.22. The Morgan fingerprint density at radius 1 is 1.20 bits per heavy atom. The molecule has 4 heteroatoms. The van der Waals surface area contributed by atoms with Gasteiger partial charge >= 0.3 is 0 Å². The highest BCUT2D eigenvalue weighted by molar-refractivity contribution is 5.94. The van der Waals surface area contributed by atoms with Crippen molar-refractivity contribution in [2.24, 2.45) is 0 Å². The molecule has 0 unspecified atom stereocenters. The van der Waals surface area contributed by atoms with Crippen LogP contribution in [-0.4, -0.2) is 53.7 Å². The lowest BCUT2D eigenvalue weighted by Gasteiger charge is -2.37. The SMILES string of the molecule is Cc1cccc(C(=O)N2CCN(C3(C=O)CC3)CC2)c1. The van der Waals surface area contributed by atoms with Crippen molar-refractivity contribution >= 4 is 12.2 Å². The standard InChI is InChI=1S/C16H20N2O2/c1-13-3-2-4-14(11-13)15(20)17-7-9-18(10-8-17)16(12-19)5-6-16/h2-4,11-12H,5-10H2,1H3. The summed E-state index contributed by atoms with van der Waals surface area (Å²) in [4.78, 5) is 27.7. The van der Waals surface area contributed by atoms with Crippen molar-refractivity contribution in [3.8, 4) is 0 Å². The number of hydrogen-bond donors (Lipinski definition) is 0. The van der Waals surface area contributed by atoms with Crippen LogP contribution in [0, 0.1) is 6.92 Å². The van der Waals surface area contributed by atoms with E-state index in [1.165, 1.54) is 0 Å². The quantitative estimate of drug-likeness (QED) is 0.783. The summed E-state index contributed by atoms with van der Waals surface area (Å²) >= 11 is 0. The van der Waals surface area contributed by atoms with E-state index in [0.717, 1.165) is 43.3 Å². The van der Waals surface area contributed by atoms with Crippen LogP contribution in [0.2, 0.25) is 0 Å². The lowest BCUT2D eigenvalue weighted by molar-refractivity contribution is -0.114. The Kier molecular flexibility index (Phi) is 3.34. The fourth-order valence-corrected chi connectivity index (χ4v) is 2.95. The van der Waals surface area contributed by atoms with E-state index < -0.39 is 0 Å². The molecule has 1 aliphatic heterocycles. The maximum atomic E-state index is 12.4. The number of carbonyl (C=O) groups is 2. The maximum absolute atomic E-state index is 12.4. The van der Waals surface area contributed by atoms with Crippen molar-refractivity contribution in [2.45, 2.75) is 25.3 Å². The van der Waals surface area contributed by atoms with Gasteiger partial charge in [0.25, 0.3) is 5.91 Å². The second kappa shape index (κ2) is 5.02. The molecule has 4 nitrogen and oxygen atoms in total. The number of aryl methyl sites for hydroxylation is 1. The van der Waals surface area contributed by atoms with Crippen molar-refractivity contribution in [1.82, 2.24) is 9.80 Å². The van der Waals surface area contributed by atoms with Gasteiger partial charge in [-0.15, -0.1) is 0 Å². The average Bonchev–Trinajstić information content (AvgIpc) is 3.28. The maximum Gasteiger partial charge on any atom is 0.253 e. The Balaban J connectivity index is 1.63. The molecule has 1 saturated heterocycles. The molecule has 3 rings (SSSR count). The molecule has 1 aromatic carbocycles. The second-order valence-corrected chi connectivity index (χ2v) is 5.87. The summed E-state index contributed by atoms with van der Waals surface area (Å²) in [6.07, 6.45) is 3.04. The third-order valence-corrected chi connectivity index (χ3v) is 4.44. The van der Waals surface area contributed by atoms with Crippen molar-refractivity contribution in [3.05, 3.63) is 35.4 Å². The van der Waals surface area contributed by atoms with Gasteiger partial charge in [-0.1, -0.05) is 17.7 Å². The van der Waals surface area contributed by atoms with Crippen molar-refractivity contribution in [2.75, 3.05) is 26.2 Å². The summed E-state index contributed by atoms with van der Waals surface area (Å²) in [7, 11) is 0. The molecule has 0 spiro atoms. The first kappa shape index (κ1) is 13.3. The zero-order valence-electron chi connectivity index (χ0n) is 11.8. The van der Waals surface area contributed by atoms with E-state index in [9.17, 15) is 9.59 Å². The van der Waals surface area contributed by atoms with Gasteiger partial charge < -0.3 is 9.69 Å². The van der Waals surface area contributed by atoms with E-state index in [1.807, 2.05) is 36.1 Å². The van der Waals surface area contributed by atoms with Gasteiger partial charge in [-0.2, -0.15) is 0 Å². The van der Waals surface area contributed by atoms with Crippen molar-refractivity contribution in [1.29, 1.82) is 0 Å². The predicted octanol–water partition coefficient (Wildman–Crippen LogP) is 1.48. The Labute approximate surface area is 119 Å². The summed E-state index contributed by atoms with van der Waals surface area (Å²) in [5.41, 5.74) is 1.67. The highest BCUT2D eigenvalue weighted by atomic mass is 16.2. The van der Waals surface area contributed by atoms with Crippen LogP contribution in [-0.2, 0) is 4.79 Å². The molecule has 1 aliphatic carbocycles. The molecular weight excluding hydrogens is 252 g/mol. The summed E-state index contributed by atoms with van der Waals surface area (Å²) in [5.74, 6) is 0.101. The summed E-state index contributed by atoms with van der Waals surface area (Å²) in [6.45, 7) is 5.02. The van der Waals surface area contributed by atoms with Crippen LogP contribution < -0.4 is 0 Å². The molecule has 106 valence electrons. The van der Waals surface area contributed by atoms with E-state index in [4.69, 9.17) is 0 Å². The summed E-state index contributed by atoms with van der Waals surface area (Å²) in [5, 5.41) is 0. The smallest absolute Gasteiger partial charge is 0.253 e. The molecular formula is C16H20N2O2. The van der Waals surface area contributed by atoms with Gasteiger partial charge in [0.15, 0.2) is 0 Å². The van der Waals surface area contributed by atoms with Gasteiger partial charge in [0.2, 0.25) is 0 Å². The molecule has 0 bridgehead atoms. The van der Waals surface area contributed by atoms with Crippen LogP contribution in [0.5, 0.6) is 0 Å². The number of amides is 1. The predicted molar refractivity (Wildman–Crippen MR) is 76.7 cm³/mol. The minimum absolute atomic E-state index is 0.101. The average molecular weight is 272 g/mol. The van der Waals surface area contributed by atoms with Gasteiger partial charge in [-0.25, -0.2) is 0 Å². The molecule has 20 heavy (non-hydrogen) atoms. The summed E-state index contributed by atoms with van der Waals surface area (Å²) in [6, 6.07) is 7.72. The monoisotopic (exact) mass is 272 g/mol. The number of piperazine rings is 1. The highest BCUT2D eigenvalue weighted by Crippen LogP contribution is 2.40. The van der Waals surface area contributed by atoms with E-state index >= 15 is 0 Å². The first-order valence-corrected chi connectivity index (χ1v) is 7.22. The van der Waals surface area contributed by atoms with Crippen LogP contribution in [0.15, 0.2) is 24.3 Å². The topological polar surface area (TPSA) is 40.6 Å². The normalized spacial score (nSPS) is 21.6. The minimum atomic E-state index is -0.196. The number of hydrogen-bond acceptors (Lipinski definition) is 3. The van der Waals surface area contributed by atoms with Crippen molar-refractivity contribution < 1.29 is 9.59 Å². The largest absolute Gasteiger partial charge is 0.336 e. The molecule has 2 fully saturated rings. The number of nitrogens with zero attached hydrogens (tertiary/aromatic N) is 2. The third-order valence-electron chi connectivity index (χ3n) is 4.44. The number of rotatable bonds is 3. The zero-order chi connectivity index (χ0) is 14.2. The lowest BCUT2D eigenvalue weighted by atomic mass is 10.1. The fourth-order valence-electron chi connectivity index (χ4n) is 2.95. The van der Waals surface area contributed by atoms with Gasteiger partial charge in [-0.3, -0.25) is 9.69 Å². The molecule has 2 aliphatic rings. The molecule has 1 aromatic rings. The second-order valence-electron chi connectivity index (χ2n) is 5.87. The van der Waals surface area contributed by atoms with Crippen LogP contribution in [0.4, 0.5) is 0 Å². The van der Waals surface area contributed by atoms with Gasteiger partial charge in [0.1, 0.15) is 6.29 Å². The van der Waals surface area contributed by atoms with Crippen LogP contribution >= 0.6 is 0 Å².